The van der Waals surface area contributed by atoms with Gasteiger partial charge in [-0.2, -0.15) is 9.78 Å². The SMILES string of the molecule is O=C(c1cc(-n2cnnn2)n[nH]1)N1CCC(O)(c2cccnc2)CC1. The van der Waals surface area contributed by atoms with E-state index in [1.807, 2.05) is 6.07 Å². The summed E-state index contributed by atoms with van der Waals surface area (Å²) in [6.07, 6.45) is 5.66. The lowest BCUT2D eigenvalue weighted by Crippen LogP contribution is -2.45. The average Bonchev–Trinajstić information content (AvgIpc) is 3.34. The van der Waals surface area contributed by atoms with Gasteiger partial charge in [-0.15, -0.1) is 5.10 Å². The van der Waals surface area contributed by atoms with Crippen molar-refractivity contribution in [2.45, 2.75) is 18.4 Å². The zero-order valence-electron chi connectivity index (χ0n) is 13.3. The van der Waals surface area contributed by atoms with Crippen molar-refractivity contribution in [1.29, 1.82) is 0 Å². The van der Waals surface area contributed by atoms with Gasteiger partial charge in [0, 0.05) is 37.1 Å². The summed E-state index contributed by atoms with van der Waals surface area (Å²) in [7, 11) is 0. The molecule has 1 aliphatic rings. The van der Waals surface area contributed by atoms with Gasteiger partial charge in [-0.05, 0) is 29.3 Å². The van der Waals surface area contributed by atoms with Crippen LogP contribution in [0.25, 0.3) is 5.82 Å². The number of aromatic nitrogens is 7. The number of amides is 1. The first kappa shape index (κ1) is 15.4. The molecule has 1 saturated heterocycles. The first-order valence-electron chi connectivity index (χ1n) is 7.87. The maximum atomic E-state index is 12.6. The number of piperidine rings is 1. The van der Waals surface area contributed by atoms with Crippen molar-refractivity contribution in [2.75, 3.05) is 13.1 Å². The zero-order valence-corrected chi connectivity index (χ0v) is 13.3. The number of hydrogen-bond acceptors (Lipinski definition) is 7. The van der Waals surface area contributed by atoms with Crippen LogP contribution < -0.4 is 0 Å². The van der Waals surface area contributed by atoms with Gasteiger partial charge >= 0.3 is 0 Å². The van der Waals surface area contributed by atoms with Crippen LogP contribution in [0.3, 0.4) is 0 Å². The summed E-state index contributed by atoms with van der Waals surface area (Å²) in [5, 5.41) is 28.4. The summed E-state index contributed by atoms with van der Waals surface area (Å²) in [5.41, 5.74) is 0.193. The fourth-order valence-electron chi connectivity index (χ4n) is 2.98. The Hall–Kier alpha value is -3.14. The summed E-state index contributed by atoms with van der Waals surface area (Å²) in [4.78, 5) is 18.4. The van der Waals surface area contributed by atoms with E-state index in [1.165, 1.54) is 11.0 Å². The third-order valence-corrected chi connectivity index (χ3v) is 4.46. The number of tetrazole rings is 1. The molecule has 3 aromatic heterocycles. The van der Waals surface area contributed by atoms with Crippen LogP contribution in [0.2, 0.25) is 0 Å². The van der Waals surface area contributed by atoms with Crippen molar-refractivity contribution < 1.29 is 9.90 Å². The topological polar surface area (TPSA) is 126 Å². The molecular formula is C15H16N8O2. The van der Waals surface area contributed by atoms with Crippen molar-refractivity contribution in [2.24, 2.45) is 0 Å². The van der Waals surface area contributed by atoms with E-state index < -0.39 is 5.60 Å². The normalized spacial score (nSPS) is 16.8. The van der Waals surface area contributed by atoms with Crippen LogP contribution in [0.15, 0.2) is 36.9 Å². The summed E-state index contributed by atoms with van der Waals surface area (Å²) in [6, 6.07) is 5.26. The standard InChI is InChI=1S/C15H16N8O2/c24-14(12-8-13(19-18-12)23-10-17-20-21-23)22-6-3-15(25,4-7-22)11-2-1-5-16-9-11/h1-2,5,8-10,25H,3-4,6-7H2,(H,18,19). The number of aromatic amines is 1. The number of pyridine rings is 1. The molecule has 0 radical (unpaired) electrons. The smallest absolute Gasteiger partial charge is 0.271 e. The lowest BCUT2D eigenvalue weighted by atomic mass is 9.85. The van der Waals surface area contributed by atoms with Crippen LogP contribution in [0, 0.1) is 0 Å². The minimum atomic E-state index is -0.948. The molecule has 0 aromatic carbocycles. The molecule has 0 saturated carbocycles. The Morgan fingerprint density at radius 3 is 2.84 bits per heavy atom. The Kier molecular flexibility index (Phi) is 3.73. The van der Waals surface area contributed by atoms with E-state index in [2.05, 4.69) is 30.7 Å². The Bertz CT molecular complexity index is 853. The largest absolute Gasteiger partial charge is 0.385 e. The molecule has 1 amide bonds. The number of H-pyrrole nitrogens is 1. The summed E-state index contributed by atoms with van der Waals surface area (Å²) >= 11 is 0. The van der Waals surface area contributed by atoms with Gasteiger partial charge in [0.1, 0.15) is 12.0 Å². The highest BCUT2D eigenvalue weighted by atomic mass is 16.3. The quantitative estimate of drug-likeness (QED) is 0.682. The first-order valence-corrected chi connectivity index (χ1v) is 7.87. The Labute approximate surface area is 142 Å². The molecule has 0 spiro atoms. The van der Waals surface area contributed by atoms with Gasteiger partial charge in [-0.1, -0.05) is 6.07 Å². The van der Waals surface area contributed by atoms with E-state index in [1.54, 1.807) is 29.4 Å². The van der Waals surface area contributed by atoms with Crippen molar-refractivity contribution in [3.63, 3.8) is 0 Å². The minimum absolute atomic E-state index is 0.167. The number of carbonyl (C=O) groups is 1. The van der Waals surface area contributed by atoms with Gasteiger partial charge in [0.2, 0.25) is 0 Å². The highest BCUT2D eigenvalue weighted by Gasteiger charge is 2.36. The van der Waals surface area contributed by atoms with E-state index in [9.17, 15) is 9.90 Å². The van der Waals surface area contributed by atoms with Crippen LogP contribution in [-0.4, -0.2) is 64.4 Å². The van der Waals surface area contributed by atoms with Crippen molar-refractivity contribution in [3.05, 3.63) is 48.2 Å². The second-order valence-electron chi connectivity index (χ2n) is 5.96. The van der Waals surface area contributed by atoms with Gasteiger partial charge in [0.15, 0.2) is 5.82 Å². The number of nitrogens with one attached hydrogen (secondary N) is 1. The number of nitrogens with zero attached hydrogens (tertiary/aromatic N) is 7. The minimum Gasteiger partial charge on any atom is -0.385 e. The molecule has 3 aromatic rings. The van der Waals surface area contributed by atoms with Gasteiger partial charge in [-0.3, -0.25) is 14.9 Å². The Balaban J connectivity index is 1.45. The highest BCUT2D eigenvalue weighted by molar-refractivity contribution is 5.92. The van der Waals surface area contributed by atoms with Crippen molar-refractivity contribution in [1.82, 2.24) is 40.3 Å². The Morgan fingerprint density at radius 2 is 2.16 bits per heavy atom. The van der Waals surface area contributed by atoms with Crippen molar-refractivity contribution in [3.8, 4) is 5.82 Å². The maximum absolute atomic E-state index is 12.6. The highest BCUT2D eigenvalue weighted by Crippen LogP contribution is 2.32. The molecule has 0 atom stereocenters. The summed E-state index contributed by atoms with van der Waals surface area (Å²) in [5.74, 6) is 0.275. The van der Waals surface area contributed by atoms with Gasteiger partial charge in [-0.25, -0.2) is 0 Å². The number of hydrogen-bond donors (Lipinski definition) is 2. The van der Waals surface area contributed by atoms with E-state index in [-0.39, 0.29) is 5.91 Å². The fraction of sp³-hybridized carbons (Fsp3) is 0.333. The monoisotopic (exact) mass is 340 g/mol. The van der Waals surface area contributed by atoms with E-state index in [0.717, 1.165) is 5.56 Å². The molecule has 1 aliphatic heterocycles. The van der Waals surface area contributed by atoms with E-state index in [0.29, 0.717) is 37.4 Å². The molecule has 10 nitrogen and oxygen atoms in total. The van der Waals surface area contributed by atoms with Gasteiger partial charge < -0.3 is 10.0 Å². The van der Waals surface area contributed by atoms with Crippen LogP contribution in [-0.2, 0) is 5.60 Å². The van der Waals surface area contributed by atoms with Crippen LogP contribution in [0.1, 0.15) is 28.9 Å². The average molecular weight is 340 g/mol. The van der Waals surface area contributed by atoms with Crippen LogP contribution in [0.5, 0.6) is 0 Å². The summed E-state index contributed by atoms with van der Waals surface area (Å²) in [6.45, 7) is 0.896. The lowest BCUT2D eigenvalue weighted by molar-refractivity contribution is -0.0215. The molecule has 0 aliphatic carbocycles. The predicted octanol–water partition coefficient (Wildman–Crippen LogP) is -0.0958. The van der Waals surface area contributed by atoms with Gasteiger partial charge in [0.25, 0.3) is 5.91 Å². The molecule has 10 heteroatoms. The zero-order chi connectivity index (χ0) is 17.3. The second-order valence-corrected chi connectivity index (χ2v) is 5.96. The van der Waals surface area contributed by atoms with Crippen molar-refractivity contribution >= 4 is 5.91 Å². The molecular weight excluding hydrogens is 324 g/mol. The first-order chi connectivity index (χ1) is 12.2. The molecule has 2 N–H and O–H groups in total. The maximum Gasteiger partial charge on any atom is 0.271 e. The van der Waals surface area contributed by atoms with E-state index in [4.69, 9.17) is 0 Å². The number of likely N-dealkylation sites (tertiary alicyclic amines) is 1. The van der Waals surface area contributed by atoms with Crippen LogP contribution >= 0.6 is 0 Å². The molecule has 4 rings (SSSR count). The Morgan fingerprint density at radius 1 is 1.32 bits per heavy atom. The van der Waals surface area contributed by atoms with E-state index >= 15 is 0 Å². The molecule has 25 heavy (non-hydrogen) atoms. The number of aliphatic hydroxyl groups is 1. The fourth-order valence-corrected chi connectivity index (χ4v) is 2.98. The van der Waals surface area contributed by atoms with Gasteiger partial charge in [0.05, 0.1) is 5.60 Å². The molecule has 1 fully saturated rings. The van der Waals surface area contributed by atoms with Crippen LogP contribution in [0.4, 0.5) is 0 Å². The summed E-state index contributed by atoms with van der Waals surface area (Å²) < 4.78 is 1.37. The lowest BCUT2D eigenvalue weighted by Gasteiger charge is -2.38. The molecule has 128 valence electrons. The number of rotatable bonds is 3. The third kappa shape index (κ3) is 2.87. The molecule has 0 bridgehead atoms. The molecule has 0 unspecified atom stereocenters. The molecule has 4 heterocycles. The third-order valence-electron chi connectivity index (χ3n) is 4.46. The number of carbonyl (C=O) groups excluding carboxylic acids is 1. The second kappa shape index (κ2) is 6.06. The predicted molar refractivity (Wildman–Crippen MR) is 84.6 cm³/mol.